The summed E-state index contributed by atoms with van der Waals surface area (Å²) in [5.41, 5.74) is 4.23. The van der Waals surface area contributed by atoms with Crippen molar-refractivity contribution < 1.29 is 0 Å². The number of benzene rings is 1. The number of tetrazole rings is 1. The third-order valence-corrected chi connectivity index (χ3v) is 6.76. The van der Waals surface area contributed by atoms with Crippen molar-refractivity contribution in [3.8, 4) is 22.5 Å². The second-order valence-corrected chi connectivity index (χ2v) is 9.27. The summed E-state index contributed by atoms with van der Waals surface area (Å²) in [4.78, 5) is 9.30. The molecule has 34 heavy (non-hydrogen) atoms. The van der Waals surface area contributed by atoms with Gasteiger partial charge in [0, 0.05) is 42.9 Å². The zero-order valence-corrected chi connectivity index (χ0v) is 19.8. The van der Waals surface area contributed by atoms with E-state index in [1.165, 1.54) is 37.7 Å². The van der Waals surface area contributed by atoms with Crippen molar-refractivity contribution in [2.24, 2.45) is 5.92 Å². The first-order chi connectivity index (χ1) is 16.8. The van der Waals surface area contributed by atoms with Crippen molar-refractivity contribution in [2.45, 2.75) is 71.3 Å². The van der Waals surface area contributed by atoms with Crippen LogP contribution in [0.5, 0.6) is 0 Å². The van der Waals surface area contributed by atoms with Crippen LogP contribution in [-0.4, -0.2) is 40.4 Å². The van der Waals surface area contributed by atoms with E-state index < -0.39 is 0 Å². The van der Waals surface area contributed by atoms with Crippen molar-refractivity contribution in [1.82, 2.24) is 40.4 Å². The molecule has 8 nitrogen and oxygen atoms in total. The Bertz CT molecular complexity index is 1170. The molecule has 176 valence electrons. The Morgan fingerprint density at radius 2 is 1.88 bits per heavy atom. The predicted molar refractivity (Wildman–Crippen MR) is 131 cm³/mol. The molecular formula is C26H32N8. The SMILES string of the molecule is CCCCn1nc(CC2CCCCC2)nc1Cc1ccc(-c2cnccc2-c2nnn[nH]2)cc1. The van der Waals surface area contributed by atoms with Crippen LogP contribution in [0.3, 0.4) is 0 Å². The minimum absolute atomic E-state index is 0.635. The summed E-state index contributed by atoms with van der Waals surface area (Å²) in [6.07, 6.45) is 14.4. The summed E-state index contributed by atoms with van der Waals surface area (Å²) in [7, 11) is 0. The van der Waals surface area contributed by atoms with Gasteiger partial charge in [-0.3, -0.25) is 4.98 Å². The molecule has 0 saturated heterocycles. The minimum atomic E-state index is 0.635. The molecule has 1 fully saturated rings. The summed E-state index contributed by atoms with van der Waals surface area (Å²) < 4.78 is 2.14. The highest BCUT2D eigenvalue weighted by atomic mass is 15.5. The molecule has 1 aliphatic carbocycles. The Balaban J connectivity index is 1.34. The molecule has 1 aliphatic rings. The standard InChI is InChI=1S/C26H32N8/c1-2-3-15-34-25(28-24(31-34)16-19-7-5-4-6-8-19)17-20-9-11-21(12-10-20)23-18-27-14-13-22(23)26-29-32-33-30-26/h9-14,18-19H,2-8,15-17H2,1H3,(H,29,30,32,33). The smallest absolute Gasteiger partial charge is 0.180 e. The Kier molecular flexibility index (Phi) is 7.02. The van der Waals surface area contributed by atoms with Crippen molar-refractivity contribution in [3.05, 3.63) is 59.9 Å². The summed E-state index contributed by atoms with van der Waals surface area (Å²) in [6, 6.07) is 10.5. The normalized spacial score (nSPS) is 14.5. The fourth-order valence-electron chi connectivity index (χ4n) is 4.87. The average molecular weight is 457 g/mol. The average Bonchev–Trinajstić information content (AvgIpc) is 3.54. The van der Waals surface area contributed by atoms with Crippen molar-refractivity contribution in [1.29, 1.82) is 0 Å². The first-order valence-electron chi connectivity index (χ1n) is 12.5. The maximum atomic E-state index is 5.00. The Hall–Kier alpha value is -3.42. The van der Waals surface area contributed by atoms with Gasteiger partial charge in [-0.1, -0.05) is 69.7 Å². The van der Waals surface area contributed by atoms with E-state index in [0.29, 0.717) is 5.82 Å². The number of pyridine rings is 1. The van der Waals surface area contributed by atoms with Gasteiger partial charge in [0.1, 0.15) is 5.82 Å². The van der Waals surface area contributed by atoms with Gasteiger partial charge in [-0.25, -0.2) is 14.8 Å². The number of hydrogen-bond donors (Lipinski definition) is 1. The van der Waals surface area contributed by atoms with Crippen molar-refractivity contribution in [2.75, 3.05) is 0 Å². The number of unbranched alkanes of at least 4 members (excludes halogenated alkanes) is 1. The van der Waals surface area contributed by atoms with Crippen LogP contribution in [-0.2, 0) is 19.4 Å². The monoisotopic (exact) mass is 456 g/mol. The summed E-state index contributed by atoms with van der Waals surface area (Å²) in [5, 5.41) is 19.2. The zero-order chi connectivity index (χ0) is 23.2. The lowest BCUT2D eigenvalue weighted by Gasteiger charge is -2.19. The number of aryl methyl sites for hydroxylation is 1. The number of hydrogen-bond acceptors (Lipinski definition) is 6. The van der Waals surface area contributed by atoms with E-state index in [1.54, 1.807) is 6.20 Å². The Morgan fingerprint density at radius 3 is 2.65 bits per heavy atom. The molecular weight excluding hydrogens is 424 g/mol. The largest absolute Gasteiger partial charge is 0.264 e. The number of nitrogens with zero attached hydrogens (tertiary/aromatic N) is 7. The van der Waals surface area contributed by atoms with E-state index in [2.05, 4.69) is 61.5 Å². The van der Waals surface area contributed by atoms with E-state index in [-0.39, 0.29) is 0 Å². The van der Waals surface area contributed by atoms with Gasteiger partial charge >= 0.3 is 0 Å². The van der Waals surface area contributed by atoms with Gasteiger partial charge in [0.05, 0.1) is 0 Å². The fraction of sp³-hybridized carbons (Fsp3) is 0.462. The summed E-state index contributed by atoms with van der Waals surface area (Å²) in [6.45, 7) is 3.16. The molecule has 0 atom stereocenters. The van der Waals surface area contributed by atoms with Gasteiger partial charge in [-0.15, -0.1) is 5.10 Å². The third kappa shape index (κ3) is 5.21. The molecule has 8 heteroatoms. The Morgan fingerprint density at radius 1 is 1.03 bits per heavy atom. The van der Waals surface area contributed by atoms with Crippen molar-refractivity contribution in [3.63, 3.8) is 0 Å². The second-order valence-electron chi connectivity index (χ2n) is 9.27. The van der Waals surface area contributed by atoms with Crippen LogP contribution < -0.4 is 0 Å². The highest BCUT2D eigenvalue weighted by molar-refractivity contribution is 5.79. The van der Waals surface area contributed by atoms with Gasteiger partial charge in [0.25, 0.3) is 0 Å². The van der Waals surface area contributed by atoms with Gasteiger partial charge in [-0.05, 0) is 40.0 Å². The van der Waals surface area contributed by atoms with Crippen LogP contribution in [0.2, 0.25) is 0 Å². The van der Waals surface area contributed by atoms with E-state index in [4.69, 9.17) is 10.1 Å². The first kappa shape index (κ1) is 22.4. The highest BCUT2D eigenvalue weighted by Crippen LogP contribution is 2.29. The Labute approximate surface area is 200 Å². The molecule has 0 bridgehead atoms. The topological polar surface area (TPSA) is 98.1 Å². The lowest BCUT2D eigenvalue weighted by atomic mass is 9.87. The van der Waals surface area contributed by atoms with Crippen LogP contribution in [0.1, 0.15) is 69.1 Å². The quantitative estimate of drug-likeness (QED) is 0.379. The molecule has 0 amide bonds. The summed E-state index contributed by atoms with van der Waals surface area (Å²) in [5.74, 6) is 3.48. The first-order valence-corrected chi connectivity index (χ1v) is 12.5. The molecule has 1 saturated carbocycles. The fourth-order valence-corrected chi connectivity index (χ4v) is 4.87. The molecule has 4 aromatic rings. The van der Waals surface area contributed by atoms with Gasteiger partial charge < -0.3 is 0 Å². The summed E-state index contributed by atoms with van der Waals surface area (Å²) >= 11 is 0. The number of rotatable bonds is 9. The molecule has 5 rings (SSSR count). The number of aromatic nitrogens is 8. The van der Waals surface area contributed by atoms with E-state index >= 15 is 0 Å². The highest BCUT2D eigenvalue weighted by Gasteiger charge is 2.18. The van der Waals surface area contributed by atoms with Gasteiger partial charge in [-0.2, -0.15) is 5.10 Å². The van der Waals surface area contributed by atoms with Gasteiger partial charge in [0.2, 0.25) is 0 Å². The molecule has 1 aromatic carbocycles. The molecule has 0 unspecified atom stereocenters. The molecule has 3 aromatic heterocycles. The number of H-pyrrole nitrogens is 1. The molecule has 0 aliphatic heterocycles. The van der Waals surface area contributed by atoms with Crippen LogP contribution in [0.15, 0.2) is 42.7 Å². The van der Waals surface area contributed by atoms with Crippen molar-refractivity contribution >= 4 is 0 Å². The van der Waals surface area contributed by atoms with Crippen LogP contribution in [0.4, 0.5) is 0 Å². The van der Waals surface area contributed by atoms with E-state index in [0.717, 1.165) is 66.5 Å². The maximum absolute atomic E-state index is 5.00. The zero-order valence-electron chi connectivity index (χ0n) is 19.8. The lowest BCUT2D eigenvalue weighted by molar-refractivity contribution is 0.351. The second kappa shape index (κ2) is 10.7. The molecule has 1 N–H and O–H groups in total. The van der Waals surface area contributed by atoms with Crippen LogP contribution in [0, 0.1) is 5.92 Å². The maximum Gasteiger partial charge on any atom is 0.180 e. The minimum Gasteiger partial charge on any atom is -0.264 e. The molecule has 0 radical (unpaired) electrons. The predicted octanol–water partition coefficient (Wildman–Crippen LogP) is 5.03. The number of aromatic amines is 1. The molecule has 0 spiro atoms. The number of nitrogens with one attached hydrogen (secondary N) is 1. The van der Waals surface area contributed by atoms with E-state index in [1.807, 2.05) is 12.3 Å². The lowest BCUT2D eigenvalue weighted by Crippen LogP contribution is -2.10. The van der Waals surface area contributed by atoms with E-state index in [9.17, 15) is 0 Å². The van der Waals surface area contributed by atoms with Gasteiger partial charge in [0.15, 0.2) is 11.6 Å². The van der Waals surface area contributed by atoms with Crippen LogP contribution in [0.25, 0.3) is 22.5 Å². The third-order valence-electron chi connectivity index (χ3n) is 6.76. The molecule has 3 heterocycles. The van der Waals surface area contributed by atoms with Crippen LogP contribution >= 0.6 is 0 Å².